The molecule has 0 atom stereocenters. The zero-order valence-electron chi connectivity index (χ0n) is 24.4. The first kappa shape index (κ1) is 30.2. The molecule has 0 radical (unpaired) electrons. The number of alkyl halides is 2. The number of amides is 1. The summed E-state index contributed by atoms with van der Waals surface area (Å²) in [6.07, 6.45) is 7.09. The number of nitrogens with zero attached hydrogens (tertiary/aromatic N) is 4. The third-order valence-corrected chi connectivity index (χ3v) is 8.13. The van der Waals surface area contributed by atoms with Crippen LogP contribution in [0.5, 0.6) is 5.88 Å². The molecule has 0 spiro atoms. The molecule has 0 bridgehead atoms. The van der Waals surface area contributed by atoms with Gasteiger partial charge in [-0.1, -0.05) is 30.3 Å². The van der Waals surface area contributed by atoms with Gasteiger partial charge in [0.25, 0.3) is 11.8 Å². The number of aromatic nitrogens is 1. The van der Waals surface area contributed by atoms with Crippen molar-refractivity contribution in [2.75, 3.05) is 31.1 Å². The Kier molecular flexibility index (Phi) is 9.68. The molecule has 43 heavy (non-hydrogen) atoms. The summed E-state index contributed by atoms with van der Waals surface area (Å²) in [6, 6.07) is 19.8. The second-order valence-electron chi connectivity index (χ2n) is 11.2. The molecule has 3 aromatic rings. The maximum absolute atomic E-state index is 14.1. The van der Waals surface area contributed by atoms with Gasteiger partial charge < -0.3 is 15.0 Å². The van der Waals surface area contributed by atoms with Crippen LogP contribution in [0.3, 0.4) is 0 Å². The van der Waals surface area contributed by atoms with Crippen molar-refractivity contribution in [1.82, 2.24) is 15.2 Å². The van der Waals surface area contributed by atoms with Crippen molar-refractivity contribution < 1.29 is 18.3 Å². The fraction of sp³-hybridized carbons (Fsp3) is 0.382. The standard InChI is InChI=1S/C34H37F2N5O2/c1-2-16-34(35,36)28-7-9-30(10-8-28)41-20-14-31(15-21-41)43-32-22-27(11-17-38-32)33(42)39-29-12-18-40(19-13-29)24-26-5-3-25(23-37)4-6-26/h2-11,16-17,22,29,31H,12-15,18-21,24H2,1H3,(H,39,42)/b16-2+. The van der Waals surface area contributed by atoms with Crippen LogP contribution in [-0.2, 0) is 12.5 Å². The molecule has 2 aliphatic rings. The molecule has 2 aromatic carbocycles. The number of halogens is 2. The first-order valence-corrected chi connectivity index (χ1v) is 14.8. The van der Waals surface area contributed by atoms with E-state index < -0.39 is 5.92 Å². The molecule has 2 aliphatic heterocycles. The zero-order chi connectivity index (χ0) is 30.2. The summed E-state index contributed by atoms with van der Waals surface area (Å²) in [5.74, 6) is -2.67. The summed E-state index contributed by atoms with van der Waals surface area (Å²) in [6.45, 7) is 5.67. The molecule has 9 heteroatoms. The van der Waals surface area contributed by atoms with Crippen molar-refractivity contribution in [3.63, 3.8) is 0 Å². The highest BCUT2D eigenvalue weighted by Gasteiger charge is 2.28. The number of hydrogen-bond donors (Lipinski definition) is 1. The topological polar surface area (TPSA) is 81.5 Å². The molecule has 3 heterocycles. The minimum atomic E-state index is -2.97. The minimum Gasteiger partial charge on any atom is -0.474 e. The second kappa shape index (κ2) is 13.8. The van der Waals surface area contributed by atoms with Gasteiger partial charge in [0.05, 0.1) is 11.6 Å². The van der Waals surface area contributed by atoms with Crippen LogP contribution >= 0.6 is 0 Å². The van der Waals surface area contributed by atoms with E-state index in [-0.39, 0.29) is 23.6 Å². The normalized spacial score (nSPS) is 17.1. The van der Waals surface area contributed by atoms with Crippen molar-refractivity contribution in [3.8, 4) is 11.9 Å². The highest BCUT2D eigenvalue weighted by atomic mass is 19.3. The van der Waals surface area contributed by atoms with Gasteiger partial charge in [-0.25, -0.2) is 4.98 Å². The molecule has 1 N–H and O–H groups in total. The molecule has 0 aliphatic carbocycles. The van der Waals surface area contributed by atoms with Gasteiger partial charge in [0.15, 0.2) is 0 Å². The van der Waals surface area contributed by atoms with Gasteiger partial charge in [-0.15, -0.1) is 0 Å². The predicted molar refractivity (Wildman–Crippen MR) is 162 cm³/mol. The molecule has 2 saturated heterocycles. The summed E-state index contributed by atoms with van der Waals surface area (Å²) < 4.78 is 34.4. The number of rotatable bonds is 9. The average molecular weight is 586 g/mol. The number of anilines is 1. The smallest absolute Gasteiger partial charge is 0.291 e. The van der Waals surface area contributed by atoms with Crippen LogP contribution in [0, 0.1) is 11.3 Å². The molecule has 5 rings (SSSR count). The SMILES string of the molecule is C/C=C/C(F)(F)c1ccc(N2CCC(Oc3cc(C(=O)NC4CCN(Cc5ccc(C#N)cc5)CC4)ccn3)CC2)cc1. The predicted octanol–water partition coefficient (Wildman–Crippen LogP) is 6.06. The van der Waals surface area contributed by atoms with E-state index in [0.29, 0.717) is 17.0 Å². The van der Waals surface area contributed by atoms with E-state index in [9.17, 15) is 13.6 Å². The lowest BCUT2D eigenvalue weighted by molar-refractivity contribution is 0.0520. The van der Waals surface area contributed by atoms with Crippen molar-refractivity contribution >= 4 is 11.6 Å². The molecule has 7 nitrogen and oxygen atoms in total. The Labute approximate surface area is 251 Å². The van der Waals surface area contributed by atoms with Crippen LogP contribution in [0.4, 0.5) is 14.5 Å². The molecular formula is C34H37F2N5O2. The third-order valence-electron chi connectivity index (χ3n) is 8.13. The summed E-state index contributed by atoms with van der Waals surface area (Å²) in [5, 5.41) is 12.1. The lowest BCUT2D eigenvalue weighted by atomic mass is 10.0. The van der Waals surface area contributed by atoms with E-state index in [2.05, 4.69) is 26.2 Å². The van der Waals surface area contributed by atoms with Gasteiger partial charge in [0, 0.05) is 80.7 Å². The Morgan fingerprint density at radius 1 is 1.05 bits per heavy atom. The molecule has 0 unspecified atom stereocenters. The Balaban J connectivity index is 1.07. The van der Waals surface area contributed by atoms with Crippen LogP contribution in [0.15, 0.2) is 79.0 Å². The highest BCUT2D eigenvalue weighted by Crippen LogP contribution is 2.31. The number of carbonyl (C=O) groups excluding carboxylic acids is 1. The molecule has 0 saturated carbocycles. The number of nitrogens with one attached hydrogen (secondary N) is 1. The number of likely N-dealkylation sites (tertiary alicyclic amines) is 1. The van der Waals surface area contributed by atoms with E-state index in [1.54, 1.807) is 37.4 Å². The molecule has 1 aromatic heterocycles. The summed E-state index contributed by atoms with van der Waals surface area (Å²) in [4.78, 5) is 21.9. The van der Waals surface area contributed by atoms with Crippen LogP contribution in [0.1, 0.15) is 59.7 Å². The Morgan fingerprint density at radius 2 is 1.74 bits per heavy atom. The lowest BCUT2D eigenvalue weighted by Gasteiger charge is -2.33. The van der Waals surface area contributed by atoms with Gasteiger partial charge in [-0.3, -0.25) is 9.69 Å². The van der Waals surface area contributed by atoms with Gasteiger partial charge in [-0.2, -0.15) is 14.0 Å². The Morgan fingerprint density at radius 3 is 2.40 bits per heavy atom. The average Bonchev–Trinajstić information content (AvgIpc) is 3.03. The lowest BCUT2D eigenvalue weighted by Crippen LogP contribution is -2.44. The van der Waals surface area contributed by atoms with Gasteiger partial charge >= 0.3 is 0 Å². The highest BCUT2D eigenvalue weighted by molar-refractivity contribution is 5.94. The van der Waals surface area contributed by atoms with Crippen molar-refractivity contribution in [3.05, 3.63) is 101 Å². The van der Waals surface area contributed by atoms with Crippen LogP contribution in [0.25, 0.3) is 0 Å². The summed E-state index contributed by atoms with van der Waals surface area (Å²) in [5.41, 5.74) is 3.26. The Hall–Kier alpha value is -4.29. The fourth-order valence-corrected chi connectivity index (χ4v) is 5.66. The van der Waals surface area contributed by atoms with E-state index in [1.807, 2.05) is 24.3 Å². The monoisotopic (exact) mass is 585 g/mol. The number of hydrogen-bond acceptors (Lipinski definition) is 6. The maximum atomic E-state index is 14.1. The number of ether oxygens (including phenoxy) is 1. The number of benzene rings is 2. The largest absolute Gasteiger partial charge is 0.474 e. The van der Waals surface area contributed by atoms with E-state index in [1.165, 1.54) is 23.8 Å². The van der Waals surface area contributed by atoms with Crippen LogP contribution < -0.4 is 15.0 Å². The van der Waals surface area contributed by atoms with Crippen molar-refractivity contribution in [2.45, 2.75) is 57.2 Å². The fourth-order valence-electron chi connectivity index (χ4n) is 5.66. The van der Waals surface area contributed by atoms with Gasteiger partial charge in [-0.05, 0) is 61.7 Å². The Bertz CT molecular complexity index is 1440. The van der Waals surface area contributed by atoms with E-state index in [0.717, 1.165) is 70.2 Å². The van der Waals surface area contributed by atoms with Gasteiger partial charge in [0.2, 0.25) is 5.88 Å². The minimum absolute atomic E-state index is 0.0206. The summed E-state index contributed by atoms with van der Waals surface area (Å²) >= 11 is 0. The van der Waals surface area contributed by atoms with E-state index in [4.69, 9.17) is 10.00 Å². The number of piperidine rings is 2. The number of allylic oxidation sites excluding steroid dienone is 2. The summed E-state index contributed by atoms with van der Waals surface area (Å²) in [7, 11) is 0. The second-order valence-corrected chi connectivity index (χ2v) is 11.2. The number of carbonyl (C=O) groups is 1. The zero-order valence-corrected chi connectivity index (χ0v) is 24.4. The van der Waals surface area contributed by atoms with E-state index >= 15 is 0 Å². The van der Waals surface area contributed by atoms with Crippen molar-refractivity contribution in [2.24, 2.45) is 0 Å². The van der Waals surface area contributed by atoms with Crippen LogP contribution in [0.2, 0.25) is 0 Å². The molecule has 2 fully saturated rings. The van der Waals surface area contributed by atoms with Gasteiger partial charge in [0.1, 0.15) is 6.10 Å². The number of pyridine rings is 1. The third kappa shape index (κ3) is 7.96. The maximum Gasteiger partial charge on any atom is 0.291 e. The first-order valence-electron chi connectivity index (χ1n) is 14.8. The first-order chi connectivity index (χ1) is 20.8. The molecular weight excluding hydrogens is 548 g/mol. The quantitative estimate of drug-likeness (QED) is 0.308. The van der Waals surface area contributed by atoms with Crippen molar-refractivity contribution in [1.29, 1.82) is 5.26 Å². The molecule has 224 valence electrons. The molecule has 1 amide bonds. The van der Waals surface area contributed by atoms with Crippen LogP contribution in [-0.4, -0.2) is 54.1 Å². The number of nitriles is 1.